The van der Waals surface area contributed by atoms with Crippen molar-refractivity contribution in [3.05, 3.63) is 44.2 Å². The number of amides is 1. The van der Waals surface area contributed by atoms with Gasteiger partial charge in [-0.05, 0) is 78.7 Å². The molecule has 1 aromatic heterocycles. The highest BCUT2D eigenvalue weighted by atomic mass is 79.9. The zero-order valence-corrected chi connectivity index (χ0v) is 19.2. The third-order valence-electron chi connectivity index (χ3n) is 5.27. The van der Waals surface area contributed by atoms with E-state index >= 15 is 0 Å². The summed E-state index contributed by atoms with van der Waals surface area (Å²) < 4.78 is 17.3. The summed E-state index contributed by atoms with van der Waals surface area (Å²) in [4.78, 5) is 26.5. The van der Waals surface area contributed by atoms with Gasteiger partial charge < -0.3 is 19.5 Å². The fourth-order valence-electron chi connectivity index (χ4n) is 3.80. The van der Waals surface area contributed by atoms with Gasteiger partial charge in [0.2, 0.25) is 0 Å². The number of carbonyl (C=O) groups is 2. The number of thiophene rings is 1. The highest BCUT2D eigenvalue weighted by molar-refractivity contribution is 9.10. The van der Waals surface area contributed by atoms with Gasteiger partial charge >= 0.3 is 5.97 Å². The number of hydrogen-bond donors (Lipinski definition) is 1. The second-order valence-corrected chi connectivity index (χ2v) is 9.29. The minimum atomic E-state index is -0.369. The Morgan fingerprint density at radius 1 is 1.30 bits per heavy atom. The van der Waals surface area contributed by atoms with Crippen LogP contribution in [0.15, 0.2) is 22.7 Å². The van der Waals surface area contributed by atoms with Crippen molar-refractivity contribution >= 4 is 44.1 Å². The van der Waals surface area contributed by atoms with Gasteiger partial charge in [-0.3, -0.25) is 4.79 Å². The molecule has 1 N–H and O–H groups in total. The van der Waals surface area contributed by atoms with E-state index in [-0.39, 0.29) is 18.0 Å². The van der Waals surface area contributed by atoms with Crippen molar-refractivity contribution in [2.45, 2.75) is 45.1 Å². The number of anilines is 1. The molecule has 30 heavy (non-hydrogen) atoms. The van der Waals surface area contributed by atoms with Gasteiger partial charge in [0.1, 0.15) is 17.4 Å². The van der Waals surface area contributed by atoms with Crippen LogP contribution < -0.4 is 10.1 Å². The number of carbonyl (C=O) groups excluding carboxylic acids is 2. The first-order chi connectivity index (χ1) is 14.6. The number of aryl methyl sites for hydroxylation is 1. The lowest BCUT2D eigenvalue weighted by Gasteiger charge is -2.13. The highest BCUT2D eigenvalue weighted by Gasteiger charge is 2.28. The van der Waals surface area contributed by atoms with Crippen LogP contribution in [0.5, 0.6) is 5.75 Å². The third-order valence-corrected chi connectivity index (χ3v) is 7.10. The second kappa shape index (κ2) is 9.49. The Balaban J connectivity index is 1.47. The first-order valence-electron chi connectivity index (χ1n) is 10.2. The largest absolute Gasteiger partial charge is 0.490 e. The third kappa shape index (κ3) is 4.55. The summed E-state index contributed by atoms with van der Waals surface area (Å²) in [6.07, 6.45) is 5.01. The van der Waals surface area contributed by atoms with Gasteiger partial charge in [0.05, 0.1) is 22.7 Å². The number of ether oxygens (including phenoxy) is 3. The van der Waals surface area contributed by atoms with Crippen molar-refractivity contribution in [3.8, 4) is 5.75 Å². The van der Waals surface area contributed by atoms with E-state index in [0.717, 1.165) is 49.2 Å². The van der Waals surface area contributed by atoms with Crippen LogP contribution in [-0.2, 0) is 22.3 Å². The zero-order valence-electron chi connectivity index (χ0n) is 16.8. The van der Waals surface area contributed by atoms with E-state index in [9.17, 15) is 9.59 Å². The Hall–Kier alpha value is -1.90. The van der Waals surface area contributed by atoms with Crippen LogP contribution >= 0.6 is 27.3 Å². The summed E-state index contributed by atoms with van der Waals surface area (Å²) in [7, 11) is 0. The predicted octanol–water partition coefficient (Wildman–Crippen LogP) is 4.99. The molecular weight excluding hydrogens is 470 g/mol. The lowest BCUT2D eigenvalue weighted by Crippen LogP contribution is -2.17. The first-order valence-corrected chi connectivity index (χ1v) is 11.8. The molecule has 2 aromatic rings. The number of esters is 1. The van der Waals surface area contributed by atoms with Crippen molar-refractivity contribution in [1.29, 1.82) is 0 Å². The second-order valence-electron chi connectivity index (χ2n) is 7.33. The molecule has 1 aromatic carbocycles. The van der Waals surface area contributed by atoms with Crippen LogP contribution in [0.1, 0.15) is 57.3 Å². The predicted molar refractivity (Wildman–Crippen MR) is 119 cm³/mol. The average molecular weight is 494 g/mol. The average Bonchev–Trinajstić information content (AvgIpc) is 3.44. The fourth-order valence-corrected chi connectivity index (χ4v) is 5.57. The summed E-state index contributed by atoms with van der Waals surface area (Å²) in [5, 5.41) is 3.48. The summed E-state index contributed by atoms with van der Waals surface area (Å²) in [6.45, 7) is 3.36. The lowest BCUT2D eigenvalue weighted by atomic mass is 10.1. The van der Waals surface area contributed by atoms with Gasteiger partial charge in [-0.1, -0.05) is 0 Å². The molecule has 1 aliphatic heterocycles. The summed E-state index contributed by atoms with van der Waals surface area (Å²) in [5.41, 5.74) is 2.01. The van der Waals surface area contributed by atoms with Crippen molar-refractivity contribution < 1.29 is 23.8 Å². The molecule has 1 unspecified atom stereocenters. The van der Waals surface area contributed by atoms with E-state index in [1.54, 1.807) is 25.1 Å². The summed E-state index contributed by atoms with van der Waals surface area (Å²) in [6, 6.07) is 5.22. The molecule has 2 heterocycles. The van der Waals surface area contributed by atoms with E-state index in [1.807, 2.05) is 0 Å². The Kier molecular flexibility index (Phi) is 6.75. The normalized spacial score (nSPS) is 17.6. The number of hydrogen-bond acceptors (Lipinski definition) is 6. The lowest BCUT2D eigenvalue weighted by molar-refractivity contribution is 0.0527. The maximum Gasteiger partial charge on any atom is 0.341 e. The van der Waals surface area contributed by atoms with E-state index in [1.165, 1.54) is 11.3 Å². The molecule has 2 aliphatic rings. The zero-order chi connectivity index (χ0) is 21.1. The number of benzene rings is 1. The summed E-state index contributed by atoms with van der Waals surface area (Å²) in [5.74, 6) is 0.0301. The van der Waals surface area contributed by atoms with E-state index in [2.05, 4.69) is 21.2 Å². The molecule has 160 valence electrons. The Bertz CT molecular complexity index is 951. The topological polar surface area (TPSA) is 73.9 Å². The molecule has 0 radical (unpaired) electrons. The van der Waals surface area contributed by atoms with Gasteiger partial charge in [0.25, 0.3) is 5.91 Å². The van der Waals surface area contributed by atoms with Crippen LogP contribution in [0.25, 0.3) is 0 Å². The van der Waals surface area contributed by atoms with Crippen molar-refractivity contribution in [3.63, 3.8) is 0 Å². The quantitative estimate of drug-likeness (QED) is 0.550. The van der Waals surface area contributed by atoms with Crippen LogP contribution in [0, 0.1) is 0 Å². The maximum atomic E-state index is 12.9. The standard InChI is InChI=1S/C22H24BrNO5S/c1-2-27-22(26)19-15-6-3-7-18(15)30-21(19)24-20(25)13-8-9-17(16(23)11-13)29-12-14-5-4-10-28-14/h8-9,11,14H,2-7,10,12H2,1H3,(H,24,25). The van der Waals surface area contributed by atoms with Crippen LogP contribution in [0.3, 0.4) is 0 Å². The van der Waals surface area contributed by atoms with Crippen molar-refractivity contribution in [2.24, 2.45) is 0 Å². The van der Waals surface area contributed by atoms with Gasteiger partial charge in [-0.25, -0.2) is 4.79 Å². The Labute approximate surface area is 188 Å². The molecule has 6 nitrogen and oxygen atoms in total. The molecule has 0 saturated carbocycles. The van der Waals surface area contributed by atoms with Gasteiger partial charge in [0.15, 0.2) is 0 Å². The van der Waals surface area contributed by atoms with E-state index < -0.39 is 0 Å². The molecule has 1 amide bonds. The monoisotopic (exact) mass is 493 g/mol. The van der Waals surface area contributed by atoms with Crippen molar-refractivity contribution in [2.75, 3.05) is 25.1 Å². The molecule has 0 bridgehead atoms. The molecule has 1 atom stereocenters. The first kappa shape index (κ1) is 21.3. The Morgan fingerprint density at radius 3 is 2.90 bits per heavy atom. The molecule has 1 saturated heterocycles. The SMILES string of the molecule is CCOC(=O)c1c(NC(=O)c2ccc(OCC3CCCO3)c(Br)c2)sc2c1CCC2. The minimum Gasteiger partial charge on any atom is -0.490 e. The maximum absolute atomic E-state index is 12.9. The number of fused-ring (bicyclic) bond motifs is 1. The minimum absolute atomic E-state index is 0.127. The summed E-state index contributed by atoms with van der Waals surface area (Å²) >= 11 is 4.96. The van der Waals surface area contributed by atoms with Gasteiger partial charge in [0, 0.05) is 17.0 Å². The molecule has 1 fully saturated rings. The van der Waals surface area contributed by atoms with Gasteiger partial charge in [-0.2, -0.15) is 0 Å². The fraction of sp³-hybridized carbons (Fsp3) is 0.455. The highest BCUT2D eigenvalue weighted by Crippen LogP contribution is 2.40. The van der Waals surface area contributed by atoms with Gasteiger partial charge in [-0.15, -0.1) is 11.3 Å². The van der Waals surface area contributed by atoms with Crippen molar-refractivity contribution in [1.82, 2.24) is 0 Å². The van der Waals surface area contributed by atoms with E-state index in [0.29, 0.717) is 39.6 Å². The van der Waals surface area contributed by atoms with Crippen LogP contribution in [-0.4, -0.2) is 37.8 Å². The molecule has 1 aliphatic carbocycles. The van der Waals surface area contributed by atoms with E-state index in [4.69, 9.17) is 14.2 Å². The number of halogens is 1. The molecule has 8 heteroatoms. The molecule has 0 spiro atoms. The Morgan fingerprint density at radius 2 is 2.17 bits per heavy atom. The molecular formula is C22H24BrNO5S. The smallest absolute Gasteiger partial charge is 0.341 e. The van der Waals surface area contributed by atoms with Crippen LogP contribution in [0.2, 0.25) is 0 Å². The number of nitrogens with one attached hydrogen (secondary N) is 1. The number of rotatable bonds is 7. The molecule has 4 rings (SSSR count). The van der Waals surface area contributed by atoms with Crippen LogP contribution in [0.4, 0.5) is 5.00 Å².